The number of hydrogen-bond donors (Lipinski definition) is 2. The molecule has 0 fully saturated rings. The van der Waals surface area contributed by atoms with E-state index in [1.54, 1.807) is 0 Å². The topological polar surface area (TPSA) is 24.1 Å². The van der Waals surface area contributed by atoms with E-state index >= 15 is 0 Å². The van der Waals surface area contributed by atoms with Crippen LogP contribution >= 0.6 is 11.3 Å². The summed E-state index contributed by atoms with van der Waals surface area (Å²) >= 11 is 1.91. The highest BCUT2D eigenvalue weighted by Gasteiger charge is 2.37. The number of benzene rings is 2. The van der Waals surface area contributed by atoms with E-state index < -0.39 is 0 Å². The number of allylic oxidation sites excluding steroid dienone is 14. The second-order valence-corrected chi connectivity index (χ2v) is 18.8. The average molecular weight is 791 g/mol. The normalized spacial score (nSPS) is 16.9. The van der Waals surface area contributed by atoms with E-state index in [9.17, 15) is 0 Å². The molecule has 1 aromatic heterocycles. The lowest BCUT2D eigenvalue weighted by Gasteiger charge is -2.41. The molecule has 1 unspecified atom stereocenters. The number of thiophene rings is 1. The Morgan fingerprint density at radius 1 is 0.914 bits per heavy atom. The van der Waals surface area contributed by atoms with Crippen LogP contribution < -0.4 is 15.4 Å². The van der Waals surface area contributed by atoms with Crippen molar-refractivity contribution in [2.24, 2.45) is 11.8 Å². The van der Waals surface area contributed by atoms with E-state index in [4.69, 9.17) is 0 Å². The van der Waals surface area contributed by atoms with Gasteiger partial charge >= 0.3 is 0 Å². The van der Waals surface area contributed by atoms with Crippen LogP contribution in [0.2, 0.25) is 0 Å². The summed E-state index contributed by atoms with van der Waals surface area (Å²) in [6.45, 7) is 34.2. The third kappa shape index (κ3) is 12.2. The highest BCUT2D eigenvalue weighted by molar-refractivity contribution is 7.30. The van der Waals surface area contributed by atoms with Crippen LogP contribution in [0.3, 0.4) is 0 Å². The molecular weight excluding hydrogens is 719 g/mol. The molecule has 306 valence electrons. The van der Waals surface area contributed by atoms with Gasteiger partial charge in [-0.25, -0.2) is 0 Å². The van der Waals surface area contributed by atoms with Crippen molar-refractivity contribution in [2.75, 3.05) is 11.9 Å². The third-order valence-electron chi connectivity index (χ3n) is 11.8. The van der Waals surface area contributed by atoms with E-state index in [1.807, 2.05) is 30.4 Å². The lowest BCUT2D eigenvalue weighted by molar-refractivity contribution is 0.332. The summed E-state index contributed by atoms with van der Waals surface area (Å²) in [7, 11) is 0. The van der Waals surface area contributed by atoms with Crippen LogP contribution in [-0.4, -0.2) is 13.3 Å². The molecule has 0 bridgehead atoms. The Morgan fingerprint density at radius 2 is 1.62 bits per heavy atom. The Kier molecular flexibility index (Phi) is 17.1. The summed E-state index contributed by atoms with van der Waals surface area (Å²) < 4.78 is 2.64. The van der Waals surface area contributed by atoms with Gasteiger partial charge in [0.1, 0.15) is 0 Å². The fourth-order valence-electron chi connectivity index (χ4n) is 7.87. The summed E-state index contributed by atoms with van der Waals surface area (Å²) in [5, 5.41) is 9.00. The van der Waals surface area contributed by atoms with Crippen molar-refractivity contribution in [3.8, 4) is 0 Å². The van der Waals surface area contributed by atoms with Gasteiger partial charge in [-0.15, -0.1) is 17.3 Å². The van der Waals surface area contributed by atoms with Crippen LogP contribution in [0.15, 0.2) is 163 Å². The summed E-state index contributed by atoms with van der Waals surface area (Å²) in [6.07, 6.45) is 29.9. The van der Waals surface area contributed by atoms with Gasteiger partial charge in [0.2, 0.25) is 0 Å². The quantitative estimate of drug-likeness (QED) is 0.0933. The Hall–Kier alpha value is -4.54. The highest BCUT2D eigenvalue weighted by atomic mass is 32.1. The molecular formula is C54H71BN2S. The Bertz CT molecular complexity index is 2080. The minimum absolute atomic E-state index is 0.0555. The molecule has 3 aromatic rings. The van der Waals surface area contributed by atoms with Gasteiger partial charge < -0.3 is 10.6 Å². The van der Waals surface area contributed by atoms with E-state index in [0.29, 0.717) is 18.4 Å². The molecule has 4 rings (SSSR count). The van der Waals surface area contributed by atoms with Gasteiger partial charge in [-0.2, -0.15) is 0 Å². The number of hydrogen-bond acceptors (Lipinski definition) is 3. The zero-order valence-electron chi connectivity index (χ0n) is 37.6. The lowest BCUT2D eigenvalue weighted by atomic mass is 9.42. The molecule has 2 N–H and O–H groups in total. The molecule has 0 aliphatic heterocycles. The maximum atomic E-state index is 4.37. The van der Waals surface area contributed by atoms with E-state index in [0.717, 1.165) is 35.3 Å². The molecule has 0 amide bonds. The lowest BCUT2D eigenvalue weighted by Crippen LogP contribution is -2.33. The first kappa shape index (κ1) is 46.2. The van der Waals surface area contributed by atoms with Crippen LogP contribution in [0.5, 0.6) is 0 Å². The molecule has 0 spiro atoms. The van der Waals surface area contributed by atoms with Crippen molar-refractivity contribution in [3.63, 3.8) is 0 Å². The van der Waals surface area contributed by atoms with E-state index in [1.165, 1.54) is 55.5 Å². The van der Waals surface area contributed by atoms with Crippen molar-refractivity contribution in [1.29, 1.82) is 0 Å². The third-order valence-corrected chi connectivity index (χ3v) is 13.0. The molecule has 1 atom stereocenters. The predicted molar refractivity (Wildman–Crippen MR) is 264 cm³/mol. The van der Waals surface area contributed by atoms with Crippen LogP contribution in [0.1, 0.15) is 112 Å². The monoisotopic (exact) mass is 791 g/mol. The standard InChI is InChI=1S/C54H71BN2S/c1-14-17-19-21-26-43-27-22-23-29-49(43)57-38-48(50(34-39(4)5)56-33-25-28-45(40(6)7)42(9)41(8)16-3)55(32-24-20-18-15-2)52-36-44-35-46-47(37-51(44)58-52)54(12,13)31-30-53(46,10)11/h14-15,17-25,27-29,32,34-38,40-41,56-57H,2,4,16,26,30-31,33H2,1,3,5-13H3/b17-14-,20-18-,21-19-,28-25-,32-24+,45-42-,48-38-,50-34+. The number of anilines is 1. The molecule has 2 aromatic carbocycles. The number of para-hydroxylation sites is 1. The van der Waals surface area contributed by atoms with Gasteiger partial charge in [-0.05, 0) is 144 Å². The Labute approximate surface area is 357 Å². The van der Waals surface area contributed by atoms with Gasteiger partial charge in [-0.1, -0.05) is 159 Å². The molecule has 1 aliphatic carbocycles. The maximum Gasteiger partial charge on any atom is 0.251 e. The number of fused-ring (bicyclic) bond motifs is 2. The van der Waals surface area contributed by atoms with Crippen LogP contribution in [0.25, 0.3) is 10.1 Å². The Balaban J connectivity index is 1.92. The summed E-state index contributed by atoms with van der Waals surface area (Å²) in [6, 6.07) is 16.1. The largest absolute Gasteiger partial charge is 0.382 e. The molecule has 58 heavy (non-hydrogen) atoms. The summed E-state index contributed by atoms with van der Waals surface area (Å²) in [4.78, 5) is 0. The predicted octanol–water partition coefficient (Wildman–Crippen LogP) is 14.6. The average Bonchev–Trinajstić information content (AvgIpc) is 3.61. The second kappa shape index (κ2) is 21.5. The zero-order valence-corrected chi connectivity index (χ0v) is 38.5. The molecule has 0 saturated carbocycles. The van der Waals surface area contributed by atoms with E-state index in [-0.39, 0.29) is 17.5 Å². The van der Waals surface area contributed by atoms with Gasteiger partial charge in [0.15, 0.2) is 0 Å². The van der Waals surface area contributed by atoms with Gasteiger partial charge in [-0.3, -0.25) is 0 Å². The summed E-state index contributed by atoms with van der Waals surface area (Å²) in [5.74, 6) is 3.34. The molecule has 0 radical (unpaired) electrons. The number of rotatable bonds is 19. The minimum Gasteiger partial charge on any atom is -0.382 e. The Morgan fingerprint density at radius 3 is 2.28 bits per heavy atom. The van der Waals surface area contributed by atoms with Crippen molar-refractivity contribution < 1.29 is 0 Å². The van der Waals surface area contributed by atoms with Gasteiger partial charge in [0.25, 0.3) is 6.71 Å². The first-order valence-corrected chi connectivity index (χ1v) is 22.3. The first-order valence-electron chi connectivity index (χ1n) is 21.5. The molecule has 2 nitrogen and oxygen atoms in total. The number of nitrogens with one attached hydrogen (secondary N) is 2. The molecule has 1 heterocycles. The molecule has 4 heteroatoms. The van der Waals surface area contributed by atoms with Crippen molar-refractivity contribution in [3.05, 3.63) is 179 Å². The van der Waals surface area contributed by atoms with Crippen LogP contribution in [-0.2, 0) is 17.3 Å². The van der Waals surface area contributed by atoms with Gasteiger partial charge in [0, 0.05) is 22.6 Å². The van der Waals surface area contributed by atoms with Crippen molar-refractivity contribution in [1.82, 2.24) is 5.32 Å². The smallest absolute Gasteiger partial charge is 0.251 e. The second-order valence-electron chi connectivity index (χ2n) is 17.7. The van der Waals surface area contributed by atoms with Crippen LogP contribution in [0, 0.1) is 11.8 Å². The van der Waals surface area contributed by atoms with Crippen molar-refractivity contribution >= 4 is 38.6 Å². The maximum absolute atomic E-state index is 4.37. The zero-order chi connectivity index (χ0) is 42.5. The highest BCUT2D eigenvalue weighted by Crippen LogP contribution is 2.47. The summed E-state index contributed by atoms with van der Waals surface area (Å²) in [5.41, 5.74) is 11.7. The minimum atomic E-state index is -0.0555. The molecule has 0 saturated heterocycles. The van der Waals surface area contributed by atoms with Crippen LogP contribution in [0.4, 0.5) is 5.69 Å². The van der Waals surface area contributed by atoms with E-state index in [2.05, 4.69) is 202 Å². The molecule has 1 aliphatic rings. The first-order chi connectivity index (χ1) is 27.6. The van der Waals surface area contributed by atoms with Crippen molar-refractivity contribution in [2.45, 2.75) is 113 Å². The SMILES string of the molecule is C=C/C=C\C=C\B(C(=C\Nc1ccccc1C/C=C\C=C/C)/C(=C\C(=C)C)NC/C=C\C(=C(/C)C(C)CC)C(C)C)c1cc2cc3c(cc2s1)C(C)(C)CCC3(C)C. The fourth-order valence-corrected chi connectivity index (χ4v) is 9.05. The van der Waals surface area contributed by atoms with Gasteiger partial charge in [0.05, 0.1) is 0 Å². The fraction of sp³-hybridized carbons (Fsp3) is 0.370.